The summed E-state index contributed by atoms with van der Waals surface area (Å²) in [6, 6.07) is 16.8. The van der Waals surface area contributed by atoms with Crippen LogP contribution in [0.5, 0.6) is 0 Å². The number of nitrogens with zero attached hydrogens (tertiary/aromatic N) is 3. The average molecular weight is 485 g/mol. The predicted octanol–water partition coefficient (Wildman–Crippen LogP) is 4.14. The molecule has 0 saturated heterocycles. The van der Waals surface area contributed by atoms with Crippen LogP contribution in [-0.4, -0.2) is 40.4 Å². The zero-order valence-corrected chi connectivity index (χ0v) is 20.8. The molecular formula is C27H28N6O3. The molecule has 1 amide bonds. The number of hydrogen-bond acceptors (Lipinski definition) is 8. The van der Waals surface area contributed by atoms with Gasteiger partial charge in [-0.25, -0.2) is 4.98 Å². The number of amides is 1. The first-order valence-electron chi connectivity index (χ1n) is 11.4. The van der Waals surface area contributed by atoms with Crippen molar-refractivity contribution in [3.8, 4) is 11.1 Å². The molecule has 0 aliphatic heterocycles. The van der Waals surface area contributed by atoms with Crippen molar-refractivity contribution in [3.05, 3.63) is 86.8 Å². The number of benzene rings is 2. The molecule has 0 unspecified atom stereocenters. The summed E-state index contributed by atoms with van der Waals surface area (Å²) in [5.41, 5.74) is 2.37. The molecule has 0 bridgehead atoms. The van der Waals surface area contributed by atoms with E-state index in [2.05, 4.69) is 25.9 Å². The van der Waals surface area contributed by atoms with E-state index in [1.54, 1.807) is 31.3 Å². The maximum absolute atomic E-state index is 12.1. The average Bonchev–Trinajstić information content (AvgIpc) is 2.85. The highest BCUT2D eigenvalue weighted by Gasteiger charge is 2.25. The first kappa shape index (κ1) is 24.6. The molecule has 3 aromatic carbocycles. The Morgan fingerprint density at radius 1 is 0.806 bits per heavy atom. The minimum atomic E-state index is -0.579. The van der Waals surface area contributed by atoms with E-state index in [4.69, 9.17) is 0 Å². The van der Waals surface area contributed by atoms with Gasteiger partial charge in [0.15, 0.2) is 0 Å². The number of carbonyl (C=O) groups is 1. The van der Waals surface area contributed by atoms with E-state index in [0.29, 0.717) is 17.3 Å². The lowest BCUT2D eigenvalue weighted by Crippen LogP contribution is -2.41. The van der Waals surface area contributed by atoms with Gasteiger partial charge in [-0.2, -0.15) is 4.98 Å². The minimum Gasteiger partial charge on any atom is -0.375 e. The predicted molar refractivity (Wildman–Crippen MR) is 143 cm³/mol. The lowest BCUT2D eigenvalue weighted by atomic mass is 10.0. The molecule has 36 heavy (non-hydrogen) atoms. The molecule has 9 heteroatoms. The van der Waals surface area contributed by atoms with E-state index >= 15 is 0 Å². The first-order valence-corrected chi connectivity index (χ1v) is 11.4. The van der Waals surface area contributed by atoms with Crippen molar-refractivity contribution < 1.29 is 4.79 Å². The third kappa shape index (κ3) is 5.41. The molecule has 0 aliphatic rings. The summed E-state index contributed by atoms with van der Waals surface area (Å²) in [5.74, 6) is 0.688. The Labute approximate surface area is 208 Å². The van der Waals surface area contributed by atoms with Crippen molar-refractivity contribution in [2.24, 2.45) is 0 Å². The van der Waals surface area contributed by atoms with Crippen molar-refractivity contribution in [2.45, 2.75) is 26.3 Å². The van der Waals surface area contributed by atoms with E-state index in [9.17, 15) is 14.4 Å². The maximum atomic E-state index is 12.1. The van der Waals surface area contributed by atoms with Gasteiger partial charge in [0, 0.05) is 37.1 Å². The number of hydrogen-bond donors (Lipinski definition) is 3. The smallest absolute Gasteiger partial charge is 0.253 e. The normalized spacial score (nSPS) is 11.2. The van der Waals surface area contributed by atoms with Crippen LogP contribution in [0.1, 0.15) is 31.1 Å². The summed E-state index contributed by atoms with van der Waals surface area (Å²) < 4.78 is 0. The Morgan fingerprint density at radius 3 is 1.97 bits per heavy atom. The molecule has 0 saturated carbocycles. The highest BCUT2D eigenvalue weighted by molar-refractivity contribution is 5.94. The summed E-state index contributed by atoms with van der Waals surface area (Å²) in [4.78, 5) is 46.3. The van der Waals surface area contributed by atoms with Crippen LogP contribution in [0.3, 0.4) is 0 Å². The van der Waals surface area contributed by atoms with Crippen LogP contribution < -0.4 is 26.8 Å². The SMILES string of the molecule is CN(C)C(=O)c1ccc(-c2ccc(Nc3nccc(Nc4c(NC(C)(C)C)c(=O)c4=O)n3)cc2)cc1. The second-order valence-electron chi connectivity index (χ2n) is 9.65. The van der Waals surface area contributed by atoms with E-state index in [1.165, 1.54) is 0 Å². The van der Waals surface area contributed by atoms with E-state index in [-0.39, 0.29) is 22.8 Å². The van der Waals surface area contributed by atoms with Gasteiger partial charge < -0.3 is 20.9 Å². The lowest BCUT2D eigenvalue weighted by molar-refractivity contribution is 0.0827. The molecule has 9 nitrogen and oxygen atoms in total. The van der Waals surface area contributed by atoms with Crippen molar-refractivity contribution in [1.82, 2.24) is 14.9 Å². The van der Waals surface area contributed by atoms with Gasteiger partial charge in [-0.05, 0) is 62.2 Å². The fourth-order valence-corrected chi connectivity index (χ4v) is 3.56. The molecular weight excluding hydrogens is 456 g/mol. The standard InChI is InChI=1S/C27H28N6O3/c1-27(2,3)32-22-21(23(34)24(22)35)30-20-14-15-28-26(31-20)29-19-12-10-17(11-13-19)16-6-8-18(9-7-16)25(36)33(4)5/h6-15,32H,1-5H3,(H2,28,29,30,31). The Morgan fingerprint density at radius 2 is 1.39 bits per heavy atom. The highest BCUT2D eigenvalue weighted by atomic mass is 16.2. The van der Waals surface area contributed by atoms with Gasteiger partial charge in [0.2, 0.25) is 5.95 Å². The molecule has 3 N–H and O–H groups in total. The fourth-order valence-electron chi connectivity index (χ4n) is 3.56. The van der Waals surface area contributed by atoms with E-state index in [0.717, 1.165) is 16.8 Å². The minimum absolute atomic E-state index is 0.0379. The van der Waals surface area contributed by atoms with Gasteiger partial charge >= 0.3 is 0 Å². The fraction of sp³-hybridized carbons (Fsp3) is 0.222. The molecule has 0 fully saturated rings. The molecule has 0 spiro atoms. The van der Waals surface area contributed by atoms with E-state index < -0.39 is 10.9 Å². The second kappa shape index (κ2) is 9.61. The lowest BCUT2D eigenvalue weighted by Gasteiger charge is -2.24. The van der Waals surface area contributed by atoms with Crippen LogP contribution in [0.15, 0.2) is 70.4 Å². The molecule has 0 radical (unpaired) electrons. The van der Waals surface area contributed by atoms with Crippen molar-refractivity contribution >= 4 is 34.7 Å². The summed E-state index contributed by atoms with van der Waals surface area (Å²) >= 11 is 0. The summed E-state index contributed by atoms with van der Waals surface area (Å²) in [5, 5.41) is 9.14. The summed E-state index contributed by atoms with van der Waals surface area (Å²) in [7, 11) is 3.45. The van der Waals surface area contributed by atoms with E-state index in [1.807, 2.05) is 69.3 Å². The molecule has 0 atom stereocenters. The number of nitrogens with one attached hydrogen (secondary N) is 3. The zero-order valence-electron chi connectivity index (χ0n) is 20.8. The van der Waals surface area contributed by atoms with Gasteiger partial charge in [0.25, 0.3) is 16.8 Å². The number of anilines is 5. The van der Waals surface area contributed by atoms with Crippen LogP contribution in [0.4, 0.5) is 28.8 Å². The number of carbonyl (C=O) groups excluding carboxylic acids is 1. The van der Waals surface area contributed by atoms with Gasteiger partial charge in [0.05, 0.1) is 0 Å². The quantitative estimate of drug-likeness (QED) is 0.335. The van der Waals surface area contributed by atoms with Gasteiger partial charge in [-0.15, -0.1) is 0 Å². The first-order chi connectivity index (χ1) is 17.0. The third-order valence-electron chi connectivity index (χ3n) is 5.33. The van der Waals surface area contributed by atoms with Gasteiger partial charge in [-0.3, -0.25) is 14.4 Å². The summed E-state index contributed by atoms with van der Waals surface area (Å²) in [6.07, 6.45) is 1.56. The van der Waals surface area contributed by atoms with Crippen molar-refractivity contribution in [3.63, 3.8) is 0 Å². The third-order valence-corrected chi connectivity index (χ3v) is 5.33. The Kier molecular flexibility index (Phi) is 6.57. The van der Waals surface area contributed by atoms with Crippen LogP contribution in [-0.2, 0) is 0 Å². The van der Waals surface area contributed by atoms with Gasteiger partial charge in [-0.1, -0.05) is 24.3 Å². The maximum Gasteiger partial charge on any atom is 0.253 e. The van der Waals surface area contributed by atoms with Crippen LogP contribution in [0.2, 0.25) is 0 Å². The zero-order chi connectivity index (χ0) is 26.0. The summed E-state index contributed by atoms with van der Waals surface area (Å²) in [6.45, 7) is 5.73. The molecule has 0 aliphatic carbocycles. The van der Waals surface area contributed by atoms with Gasteiger partial charge in [0.1, 0.15) is 17.2 Å². The second-order valence-corrected chi connectivity index (χ2v) is 9.65. The number of aromatic nitrogens is 2. The Bertz CT molecular complexity index is 1460. The molecule has 1 heterocycles. The van der Waals surface area contributed by atoms with Crippen LogP contribution >= 0.6 is 0 Å². The topological polar surface area (TPSA) is 116 Å². The Balaban J connectivity index is 1.45. The van der Waals surface area contributed by atoms with Crippen molar-refractivity contribution in [1.29, 1.82) is 0 Å². The largest absolute Gasteiger partial charge is 0.375 e. The Hall–Kier alpha value is -4.53. The molecule has 4 aromatic rings. The monoisotopic (exact) mass is 484 g/mol. The molecule has 1 aromatic heterocycles. The highest BCUT2D eigenvalue weighted by Crippen LogP contribution is 2.25. The van der Waals surface area contributed by atoms with Crippen molar-refractivity contribution in [2.75, 3.05) is 30.0 Å². The van der Waals surface area contributed by atoms with Crippen LogP contribution in [0.25, 0.3) is 11.1 Å². The molecule has 184 valence electrons. The molecule has 4 rings (SSSR count). The van der Waals surface area contributed by atoms with Crippen LogP contribution in [0, 0.1) is 0 Å². The number of rotatable bonds is 7.